The quantitative estimate of drug-likeness (QED) is 0.752. The molecule has 0 aliphatic carbocycles. The molecule has 4 rings (SSSR count). The van der Waals surface area contributed by atoms with Crippen LogP contribution in [-0.4, -0.2) is 25.6 Å². The number of carbonyl (C=O) groups excluding carboxylic acids is 1. The number of thiophene rings is 1. The third-order valence-corrected chi connectivity index (χ3v) is 6.74. The minimum Gasteiger partial charge on any atom is -0.495 e. The number of hydrogen-bond donors (Lipinski definition) is 3. The molecule has 7 heteroatoms. The Morgan fingerprint density at radius 3 is 2.85 bits per heavy atom. The lowest BCUT2D eigenvalue weighted by Crippen LogP contribution is -3.14. The second-order valence-electron chi connectivity index (χ2n) is 7.14. The summed E-state index contributed by atoms with van der Waals surface area (Å²) in [5, 5.41) is 8.07. The summed E-state index contributed by atoms with van der Waals surface area (Å²) >= 11 is 7.97. The SMILES string of the molecule is COc1ccc([C@@H]2NC(=O)c3c(sc4c3CC[NH+](C(C)C)C4)N2)cc1Cl. The number of hydrogen-bond acceptors (Lipinski definition) is 4. The summed E-state index contributed by atoms with van der Waals surface area (Å²) in [6, 6.07) is 6.18. The summed E-state index contributed by atoms with van der Waals surface area (Å²) in [5.74, 6) is 0.628. The van der Waals surface area contributed by atoms with Crippen LogP contribution in [0.15, 0.2) is 18.2 Å². The van der Waals surface area contributed by atoms with Crippen molar-refractivity contribution in [3.05, 3.63) is 44.8 Å². The summed E-state index contributed by atoms with van der Waals surface area (Å²) in [6.07, 6.45) is 0.676. The van der Waals surface area contributed by atoms with Gasteiger partial charge in [0.1, 0.15) is 23.5 Å². The minimum absolute atomic E-state index is 0.00110. The van der Waals surface area contributed by atoms with Gasteiger partial charge in [0.15, 0.2) is 0 Å². The fourth-order valence-electron chi connectivity index (χ4n) is 3.73. The number of nitrogens with one attached hydrogen (secondary N) is 3. The van der Waals surface area contributed by atoms with E-state index in [0.717, 1.165) is 35.6 Å². The van der Waals surface area contributed by atoms with Crippen molar-refractivity contribution >= 4 is 33.8 Å². The molecule has 0 bridgehead atoms. The zero-order valence-corrected chi connectivity index (χ0v) is 16.7. The molecule has 0 spiro atoms. The summed E-state index contributed by atoms with van der Waals surface area (Å²) in [7, 11) is 1.59. The molecule has 0 fully saturated rings. The predicted octanol–water partition coefficient (Wildman–Crippen LogP) is 2.61. The highest BCUT2D eigenvalue weighted by molar-refractivity contribution is 7.16. The molecule has 1 aromatic carbocycles. The fraction of sp³-hybridized carbons (Fsp3) is 0.421. The summed E-state index contributed by atoms with van der Waals surface area (Å²) in [6.45, 7) is 6.59. The Bertz CT molecular complexity index is 865. The third-order valence-electron chi connectivity index (χ3n) is 5.28. The van der Waals surface area contributed by atoms with Crippen molar-refractivity contribution in [1.29, 1.82) is 0 Å². The topological polar surface area (TPSA) is 54.8 Å². The number of fused-ring (bicyclic) bond motifs is 3. The molecule has 2 aromatic rings. The van der Waals surface area contributed by atoms with Crippen molar-refractivity contribution in [3.8, 4) is 5.75 Å². The van der Waals surface area contributed by atoms with Crippen molar-refractivity contribution in [2.24, 2.45) is 0 Å². The van der Waals surface area contributed by atoms with Gasteiger partial charge in [0, 0.05) is 6.42 Å². The number of quaternary nitrogens is 1. The first kappa shape index (κ1) is 17.6. The van der Waals surface area contributed by atoms with Gasteiger partial charge in [0.05, 0.1) is 35.2 Å². The van der Waals surface area contributed by atoms with Crippen LogP contribution in [0.1, 0.15) is 46.4 Å². The molecule has 26 heavy (non-hydrogen) atoms. The van der Waals surface area contributed by atoms with E-state index in [4.69, 9.17) is 16.3 Å². The summed E-state index contributed by atoms with van der Waals surface area (Å²) in [5.41, 5.74) is 2.98. The van der Waals surface area contributed by atoms with E-state index in [9.17, 15) is 4.79 Å². The van der Waals surface area contributed by atoms with Crippen LogP contribution in [0.3, 0.4) is 0 Å². The van der Waals surface area contributed by atoms with Gasteiger partial charge in [0.25, 0.3) is 5.91 Å². The van der Waals surface area contributed by atoms with Crippen molar-refractivity contribution in [2.45, 2.75) is 39.0 Å². The van der Waals surface area contributed by atoms with Crippen LogP contribution >= 0.6 is 22.9 Å². The largest absolute Gasteiger partial charge is 0.495 e. The third kappa shape index (κ3) is 2.96. The fourth-order valence-corrected chi connectivity index (χ4v) is 5.33. The van der Waals surface area contributed by atoms with E-state index < -0.39 is 0 Å². The van der Waals surface area contributed by atoms with Gasteiger partial charge >= 0.3 is 0 Å². The van der Waals surface area contributed by atoms with Crippen LogP contribution in [0.5, 0.6) is 5.75 Å². The monoisotopic (exact) mass is 392 g/mol. The molecule has 0 radical (unpaired) electrons. The Hall–Kier alpha value is -1.76. The second kappa shape index (κ2) is 6.76. The second-order valence-corrected chi connectivity index (χ2v) is 8.65. The minimum atomic E-state index is -0.285. The maximum atomic E-state index is 12.8. The average Bonchev–Trinajstić information content (AvgIpc) is 2.99. The smallest absolute Gasteiger partial charge is 0.256 e. The van der Waals surface area contributed by atoms with Gasteiger partial charge in [-0.1, -0.05) is 17.7 Å². The molecule has 0 saturated carbocycles. The highest BCUT2D eigenvalue weighted by Gasteiger charge is 2.35. The van der Waals surface area contributed by atoms with Crippen molar-refractivity contribution in [2.75, 3.05) is 19.0 Å². The Labute approximate surface area is 162 Å². The molecule has 1 unspecified atom stereocenters. The maximum absolute atomic E-state index is 12.8. The Kier molecular flexibility index (Phi) is 4.59. The molecule has 0 saturated heterocycles. The summed E-state index contributed by atoms with van der Waals surface area (Å²) in [4.78, 5) is 15.7. The van der Waals surface area contributed by atoms with Crippen LogP contribution in [0.2, 0.25) is 5.02 Å². The van der Waals surface area contributed by atoms with Gasteiger partial charge in [-0.05, 0) is 37.1 Å². The van der Waals surface area contributed by atoms with Crippen LogP contribution in [-0.2, 0) is 13.0 Å². The normalized spacial score (nSPS) is 21.7. The number of amides is 1. The van der Waals surface area contributed by atoms with Crippen LogP contribution in [0.25, 0.3) is 0 Å². The molecule has 3 heterocycles. The lowest BCUT2D eigenvalue weighted by molar-refractivity contribution is -0.936. The molecule has 2 atom stereocenters. The lowest BCUT2D eigenvalue weighted by atomic mass is 9.99. The lowest BCUT2D eigenvalue weighted by Gasteiger charge is -2.28. The maximum Gasteiger partial charge on any atom is 0.256 e. The van der Waals surface area contributed by atoms with Crippen LogP contribution in [0.4, 0.5) is 5.00 Å². The first-order valence-electron chi connectivity index (χ1n) is 8.88. The highest BCUT2D eigenvalue weighted by Crippen LogP contribution is 2.39. The van der Waals surface area contributed by atoms with E-state index in [2.05, 4.69) is 24.5 Å². The molecule has 3 N–H and O–H groups in total. The molecule has 1 aromatic heterocycles. The molecule has 1 amide bonds. The van der Waals surface area contributed by atoms with E-state index in [1.54, 1.807) is 23.3 Å². The van der Waals surface area contributed by atoms with Gasteiger partial charge in [-0.2, -0.15) is 0 Å². The molecular formula is C19H23ClN3O2S+. The Morgan fingerprint density at radius 2 is 2.15 bits per heavy atom. The standard InChI is InChI=1S/C19H22ClN3O2S/c1-10(2)23-7-6-12-15(9-23)26-19-16(12)18(24)21-17(22-19)11-4-5-14(25-3)13(20)8-11/h4-5,8,10,17,22H,6-7,9H2,1-3H3,(H,21,24)/p+1/t17-/m1/s1. The first-order chi connectivity index (χ1) is 12.5. The Morgan fingerprint density at radius 1 is 1.35 bits per heavy atom. The number of anilines is 1. The molecular weight excluding hydrogens is 370 g/mol. The van der Waals surface area contributed by atoms with Crippen LogP contribution in [0, 0.1) is 0 Å². The van der Waals surface area contributed by atoms with E-state index >= 15 is 0 Å². The number of carbonyl (C=O) groups is 1. The van der Waals surface area contributed by atoms with Crippen molar-refractivity contribution in [1.82, 2.24) is 5.32 Å². The molecule has 2 aliphatic heterocycles. The molecule has 2 aliphatic rings. The average molecular weight is 393 g/mol. The number of halogens is 1. The number of benzene rings is 1. The zero-order chi connectivity index (χ0) is 18.4. The van der Waals surface area contributed by atoms with E-state index in [0.29, 0.717) is 16.8 Å². The van der Waals surface area contributed by atoms with Crippen LogP contribution < -0.4 is 20.3 Å². The van der Waals surface area contributed by atoms with Crippen molar-refractivity contribution in [3.63, 3.8) is 0 Å². The number of methoxy groups -OCH3 is 1. The van der Waals surface area contributed by atoms with E-state index in [1.165, 1.54) is 10.4 Å². The summed E-state index contributed by atoms with van der Waals surface area (Å²) < 4.78 is 5.21. The van der Waals surface area contributed by atoms with Gasteiger partial charge in [0.2, 0.25) is 0 Å². The number of rotatable bonds is 3. The molecule has 138 valence electrons. The number of ether oxygens (including phenoxy) is 1. The molecule has 5 nitrogen and oxygen atoms in total. The first-order valence-corrected chi connectivity index (χ1v) is 10.1. The zero-order valence-electron chi connectivity index (χ0n) is 15.1. The van der Waals surface area contributed by atoms with Crippen molar-refractivity contribution < 1.29 is 14.4 Å². The highest BCUT2D eigenvalue weighted by atomic mass is 35.5. The van der Waals surface area contributed by atoms with Gasteiger partial charge in [-0.3, -0.25) is 4.79 Å². The van der Waals surface area contributed by atoms with Gasteiger partial charge in [-0.25, -0.2) is 0 Å². The predicted molar refractivity (Wildman–Crippen MR) is 105 cm³/mol. The van der Waals surface area contributed by atoms with Gasteiger partial charge < -0.3 is 20.3 Å². The van der Waals surface area contributed by atoms with E-state index in [1.807, 2.05) is 18.2 Å². The Balaban J connectivity index is 1.63. The van der Waals surface area contributed by atoms with E-state index in [-0.39, 0.29) is 12.1 Å². The van der Waals surface area contributed by atoms with Gasteiger partial charge in [-0.15, -0.1) is 11.3 Å².